The molecule has 0 atom stereocenters. The summed E-state index contributed by atoms with van der Waals surface area (Å²) in [6.45, 7) is 3.47. The minimum Gasteiger partial charge on any atom is -0.320 e. The van der Waals surface area contributed by atoms with E-state index in [-0.39, 0.29) is 17.1 Å². The molecule has 3 rings (SSSR count). The zero-order chi connectivity index (χ0) is 19.6. The molecular formula is C19H16N4O4. The van der Waals surface area contributed by atoms with Gasteiger partial charge in [-0.3, -0.25) is 19.7 Å². The summed E-state index contributed by atoms with van der Waals surface area (Å²) in [5.74, 6) is -0.682. The van der Waals surface area contributed by atoms with Crippen molar-refractivity contribution in [3.63, 3.8) is 0 Å². The van der Waals surface area contributed by atoms with Crippen molar-refractivity contribution in [3.05, 3.63) is 91.9 Å². The monoisotopic (exact) mass is 364 g/mol. The first kappa shape index (κ1) is 18.0. The topological polar surface area (TPSA) is 107 Å². The number of hydrogen-bond acceptors (Lipinski definition) is 5. The van der Waals surface area contributed by atoms with E-state index in [4.69, 9.17) is 0 Å². The predicted octanol–water partition coefficient (Wildman–Crippen LogP) is 3.01. The van der Waals surface area contributed by atoms with Crippen LogP contribution in [0.2, 0.25) is 0 Å². The summed E-state index contributed by atoms with van der Waals surface area (Å²) in [5, 5.41) is 18.0. The number of anilines is 1. The van der Waals surface area contributed by atoms with Gasteiger partial charge in [0.2, 0.25) is 5.43 Å². The summed E-state index contributed by atoms with van der Waals surface area (Å²) >= 11 is 0. The molecule has 2 aromatic carbocycles. The van der Waals surface area contributed by atoms with Gasteiger partial charge in [-0.05, 0) is 37.6 Å². The third-order valence-corrected chi connectivity index (χ3v) is 3.91. The van der Waals surface area contributed by atoms with Gasteiger partial charge in [0.1, 0.15) is 5.69 Å². The quantitative estimate of drug-likeness (QED) is 0.566. The maximum Gasteiger partial charge on any atom is 0.294 e. The number of benzene rings is 2. The van der Waals surface area contributed by atoms with E-state index in [1.54, 1.807) is 31.2 Å². The second-order valence-corrected chi connectivity index (χ2v) is 5.98. The van der Waals surface area contributed by atoms with Crippen LogP contribution in [0.25, 0.3) is 5.69 Å². The van der Waals surface area contributed by atoms with Crippen molar-refractivity contribution in [1.82, 2.24) is 9.78 Å². The third-order valence-electron chi connectivity index (χ3n) is 3.91. The lowest BCUT2D eigenvalue weighted by atomic mass is 10.2. The first-order valence-corrected chi connectivity index (χ1v) is 8.09. The van der Waals surface area contributed by atoms with E-state index >= 15 is 0 Å². The van der Waals surface area contributed by atoms with Crippen molar-refractivity contribution in [2.45, 2.75) is 13.8 Å². The summed E-state index contributed by atoms with van der Waals surface area (Å²) in [5.41, 5.74) is 0.932. The van der Waals surface area contributed by atoms with Crippen molar-refractivity contribution in [2.75, 3.05) is 5.32 Å². The molecule has 8 nitrogen and oxygen atoms in total. The van der Waals surface area contributed by atoms with Crippen LogP contribution in [0.1, 0.15) is 21.7 Å². The highest BCUT2D eigenvalue weighted by atomic mass is 16.6. The minimum absolute atomic E-state index is 0.171. The number of amides is 1. The summed E-state index contributed by atoms with van der Waals surface area (Å²) < 4.78 is 1.23. The number of rotatable bonds is 4. The van der Waals surface area contributed by atoms with Gasteiger partial charge in [-0.1, -0.05) is 24.3 Å². The largest absolute Gasteiger partial charge is 0.320 e. The maximum absolute atomic E-state index is 12.5. The average Bonchev–Trinajstić information content (AvgIpc) is 2.61. The molecular weight excluding hydrogens is 348 g/mol. The van der Waals surface area contributed by atoms with Crippen molar-refractivity contribution in [3.8, 4) is 5.69 Å². The smallest absolute Gasteiger partial charge is 0.294 e. The van der Waals surface area contributed by atoms with Gasteiger partial charge in [0.15, 0.2) is 5.69 Å². The van der Waals surface area contributed by atoms with Gasteiger partial charge in [0.25, 0.3) is 11.6 Å². The Morgan fingerprint density at radius 2 is 1.85 bits per heavy atom. The molecule has 0 fully saturated rings. The zero-order valence-corrected chi connectivity index (χ0v) is 14.7. The Labute approximate surface area is 154 Å². The minimum atomic E-state index is -0.682. The lowest BCUT2D eigenvalue weighted by Gasteiger charge is -2.11. The van der Waals surface area contributed by atoms with Crippen LogP contribution >= 0.6 is 0 Å². The molecule has 0 aliphatic carbocycles. The number of aromatic nitrogens is 2. The van der Waals surface area contributed by atoms with Crippen LogP contribution in [0, 0.1) is 24.0 Å². The summed E-state index contributed by atoms with van der Waals surface area (Å²) in [6, 6.07) is 14.3. The second kappa shape index (κ2) is 7.20. The Hall–Kier alpha value is -3.81. The molecule has 0 spiro atoms. The molecule has 3 aromatic rings. The fraction of sp³-hybridized carbons (Fsp3) is 0.105. The third kappa shape index (κ3) is 3.74. The van der Waals surface area contributed by atoms with Crippen LogP contribution in [0.15, 0.2) is 59.4 Å². The normalized spacial score (nSPS) is 10.4. The molecule has 1 heterocycles. The molecule has 136 valence electrons. The van der Waals surface area contributed by atoms with E-state index in [1.165, 1.54) is 28.9 Å². The van der Waals surface area contributed by atoms with Crippen molar-refractivity contribution in [2.24, 2.45) is 0 Å². The fourth-order valence-electron chi connectivity index (χ4n) is 2.66. The number of para-hydroxylation sites is 2. The van der Waals surface area contributed by atoms with Crippen LogP contribution in [0.5, 0.6) is 0 Å². The van der Waals surface area contributed by atoms with Crippen molar-refractivity contribution < 1.29 is 9.72 Å². The highest BCUT2D eigenvalue weighted by molar-refractivity contribution is 6.02. The molecule has 0 aliphatic heterocycles. The molecule has 27 heavy (non-hydrogen) atoms. The number of nitrogens with zero attached hydrogens (tertiary/aromatic N) is 3. The van der Waals surface area contributed by atoms with Gasteiger partial charge in [0.05, 0.1) is 4.92 Å². The summed E-state index contributed by atoms with van der Waals surface area (Å²) in [6.07, 6.45) is 0. The number of nitrogens with one attached hydrogen (secondary N) is 1. The van der Waals surface area contributed by atoms with Crippen LogP contribution in [0.3, 0.4) is 0 Å². The average molecular weight is 364 g/mol. The van der Waals surface area contributed by atoms with E-state index in [0.29, 0.717) is 11.4 Å². The van der Waals surface area contributed by atoms with Crippen molar-refractivity contribution >= 4 is 17.3 Å². The number of hydrogen-bond donors (Lipinski definition) is 1. The zero-order valence-electron chi connectivity index (χ0n) is 14.7. The summed E-state index contributed by atoms with van der Waals surface area (Å²) in [7, 11) is 0. The van der Waals surface area contributed by atoms with Crippen LogP contribution in [-0.2, 0) is 0 Å². The molecule has 0 unspecified atom stereocenters. The highest BCUT2D eigenvalue weighted by Crippen LogP contribution is 2.22. The van der Waals surface area contributed by atoms with Crippen LogP contribution < -0.4 is 10.7 Å². The number of aryl methyl sites for hydroxylation is 2. The Morgan fingerprint density at radius 1 is 1.11 bits per heavy atom. The Bertz CT molecular complexity index is 1100. The first-order chi connectivity index (χ1) is 12.9. The van der Waals surface area contributed by atoms with E-state index in [0.717, 1.165) is 5.56 Å². The number of carbonyl (C=O) groups is 1. The molecule has 0 saturated carbocycles. The predicted molar refractivity (Wildman–Crippen MR) is 100 cm³/mol. The molecule has 1 amide bonds. The fourth-order valence-corrected chi connectivity index (χ4v) is 2.66. The van der Waals surface area contributed by atoms with Gasteiger partial charge in [-0.2, -0.15) is 5.10 Å². The van der Waals surface area contributed by atoms with Gasteiger partial charge in [0, 0.05) is 23.5 Å². The number of nitro benzene ring substituents is 1. The molecule has 0 radical (unpaired) electrons. The van der Waals surface area contributed by atoms with Gasteiger partial charge in [-0.15, -0.1) is 0 Å². The van der Waals surface area contributed by atoms with E-state index in [2.05, 4.69) is 10.4 Å². The Kier molecular flexibility index (Phi) is 4.80. The number of carbonyl (C=O) groups excluding carboxylic acids is 1. The SMILES string of the molecule is Cc1cccc(NC(=O)c2nn(-c3ccccc3[N+](=O)[O-])c(C)cc2=O)c1. The lowest BCUT2D eigenvalue weighted by Crippen LogP contribution is -2.27. The molecule has 0 aliphatic rings. The standard InChI is InChI=1S/C19H16N4O4/c1-12-6-5-7-14(10-12)20-19(25)18-17(24)11-13(2)22(21-18)15-8-3-4-9-16(15)23(26)27/h3-11H,1-2H3,(H,20,25). The molecule has 0 saturated heterocycles. The molecule has 0 bridgehead atoms. The van der Waals surface area contributed by atoms with Gasteiger partial charge >= 0.3 is 0 Å². The lowest BCUT2D eigenvalue weighted by molar-refractivity contribution is -0.384. The van der Waals surface area contributed by atoms with E-state index < -0.39 is 16.3 Å². The Morgan fingerprint density at radius 3 is 2.56 bits per heavy atom. The van der Waals surface area contributed by atoms with Gasteiger partial charge in [-0.25, -0.2) is 4.68 Å². The number of nitro groups is 1. The van der Waals surface area contributed by atoms with Crippen molar-refractivity contribution in [1.29, 1.82) is 0 Å². The molecule has 1 aromatic heterocycles. The molecule has 1 N–H and O–H groups in total. The highest BCUT2D eigenvalue weighted by Gasteiger charge is 2.20. The Balaban J connectivity index is 2.06. The first-order valence-electron chi connectivity index (χ1n) is 8.09. The van der Waals surface area contributed by atoms with E-state index in [1.807, 2.05) is 13.0 Å². The van der Waals surface area contributed by atoms with E-state index in [9.17, 15) is 19.7 Å². The van der Waals surface area contributed by atoms with Crippen LogP contribution in [0.4, 0.5) is 11.4 Å². The van der Waals surface area contributed by atoms with Crippen LogP contribution in [-0.4, -0.2) is 20.6 Å². The maximum atomic E-state index is 12.5. The summed E-state index contributed by atoms with van der Waals surface area (Å²) in [4.78, 5) is 35.6. The molecule has 8 heteroatoms. The van der Waals surface area contributed by atoms with Gasteiger partial charge < -0.3 is 5.32 Å². The second-order valence-electron chi connectivity index (χ2n) is 5.98.